The third-order valence-corrected chi connectivity index (χ3v) is 3.93. The molecule has 2 heterocycles. The molecule has 0 radical (unpaired) electrons. The van der Waals surface area contributed by atoms with Gasteiger partial charge in [0.05, 0.1) is 6.10 Å². The van der Waals surface area contributed by atoms with Crippen LogP contribution in [-0.2, 0) is 17.8 Å². The first-order chi connectivity index (χ1) is 8.39. The van der Waals surface area contributed by atoms with E-state index in [2.05, 4.69) is 18.8 Å². The highest BCUT2D eigenvalue weighted by Crippen LogP contribution is 2.44. The molecule has 1 aliphatic carbocycles. The normalized spacial score (nSPS) is 24.4. The molecule has 5 heteroatoms. The lowest BCUT2D eigenvalue weighted by Crippen LogP contribution is -2.28. The third kappa shape index (κ3) is 1.63. The van der Waals surface area contributed by atoms with Crippen molar-refractivity contribution < 1.29 is 14.6 Å². The van der Waals surface area contributed by atoms with E-state index >= 15 is 0 Å². The minimum atomic E-state index is -0.600. The summed E-state index contributed by atoms with van der Waals surface area (Å²) >= 11 is 6.05. The molecule has 1 aromatic rings. The molecule has 0 spiro atoms. The van der Waals surface area contributed by atoms with Gasteiger partial charge in [0, 0.05) is 16.8 Å². The van der Waals surface area contributed by atoms with Crippen LogP contribution in [0.4, 0.5) is 0 Å². The van der Waals surface area contributed by atoms with Crippen LogP contribution in [-0.4, -0.2) is 16.1 Å². The van der Waals surface area contributed by atoms with Gasteiger partial charge in [-0.25, -0.2) is 9.78 Å². The number of aliphatic hydroxyl groups excluding tert-OH is 1. The SMILES string of the molecule is CC1(C)Cc2nc(Cl)c3c(c2C(O)C1)COC3=O. The average Bonchev–Trinajstić information content (AvgIpc) is 2.58. The Morgan fingerprint density at radius 1 is 1.50 bits per heavy atom. The van der Waals surface area contributed by atoms with Gasteiger partial charge >= 0.3 is 5.97 Å². The smallest absolute Gasteiger partial charge is 0.342 e. The average molecular weight is 268 g/mol. The Hall–Kier alpha value is -1.13. The van der Waals surface area contributed by atoms with E-state index in [1.54, 1.807) is 0 Å². The molecular formula is C13H14ClNO3. The fourth-order valence-electron chi connectivity index (χ4n) is 2.91. The van der Waals surface area contributed by atoms with E-state index in [9.17, 15) is 9.90 Å². The number of ether oxygens (including phenoxy) is 1. The van der Waals surface area contributed by atoms with E-state index in [1.165, 1.54) is 0 Å². The number of hydrogen-bond donors (Lipinski definition) is 1. The molecule has 18 heavy (non-hydrogen) atoms. The fourth-order valence-corrected chi connectivity index (χ4v) is 3.21. The summed E-state index contributed by atoms with van der Waals surface area (Å²) in [5, 5.41) is 10.5. The van der Waals surface area contributed by atoms with Gasteiger partial charge in [-0.3, -0.25) is 0 Å². The van der Waals surface area contributed by atoms with Crippen LogP contribution < -0.4 is 0 Å². The van der Waals surface area contributed by atoms with Gasteiger partial charge in [0.2, 0.25) is 0 Å². The van der Waals surface area contributed by atoms with Crippen molar-refractivity contribution in [3.8, 4) is 0 Å². The van der Waals surface area contributed by atoms with Crippen LogP contribution in [0.5, 0.6) is 0 Å². The van der Waals surface area contributed by atoms with Gasteiger partial charge in [-0.15, -0.1) is 0 Å². The molecular weight excluding hydrogens is 254 g/mol. The maximum atomic E-state index is 11.6. The first-order valence-electron chi connectivity index (χ1n) is 5.95. The van der Waals surface area contributed by atoms with Crippen LogP contribution in [0, 0.1) is 5.41 Å². The Morgan fingerprint density at radius 2 is 2.22 bits per heavy atom. The van der Waals surface area contributed by atoms with Crippen molar-refractivity contribution in [2.24, 2.45) is 5.41 Å². The standard InChI is InChI=1S/C13H14ClNO3/c1-13(2)3-7-9(8(16)4-13)6-5-18-12(17)10(6)11(14)15-7/h8,16H,3-5H2,1-2H3. The molecule has 0 amide bonds. The van der Waals surface area contributed by atoms with Gasteiger partial charge in [0.1, 0.15) is 17.3 Å². The molecule has 2 aliphatic rings. The molecule has 4 nitrogen and oxygen atoms in total. The summed E-state index contributed by atoms with van der Waals surface area (Å²) < 4.78 is 5.00. The Labute approximate surface area is 110 Å². The number of pyridine rings is 1. The Balaban J connectivity index is 2.23. The highest BCUT2D eigenvalue weighted by Gasteiger charge is 2.38. The van der Waals surface area contributed by atoms with E-state index in [0.717, 1.165) is 23.2 Å². The highest BCUT2D eigenvalue weighted by molar-refractivity contribution is 6.32. The number of hydrogen-bond acceptors (Lipinski definition) is 4. The van der Waals surface area contributed by atoms with Gasteiger partial charge < -0.3 is 9.84 Å². The minimum absolute atomic E-state index is 0.0134. The molecule has 0 saturated carbocycles. The number of halogens is 1. The Morgan fingerprint density at radius 3 is 2.94 bits per heavy atom. The molecule has 0 bridgehead atoms. The van der Waals surface area contributed by atoms with Crippen molar-refractivity contribution in [2.75, 3.05) is 0 Å². The van der Waals surface area contributed by atoms with Gasteiger partial charge in [-0.1, -0.05) is 25.4 Å². The van der Waals surface area contributed by atoms with Crippen molar-refractivity contribution >= 4 is 17.6 Å². The lowest BCUT2D eigenvalue weighted by molar-refractivity contribution is 0.0529. The zero-order valence-electron chi connectivity index (χ0n) is 10.3. The molecule has 1 aromatic heterocycles. The zero-order chi connectivity index (χ0) is 13.1. The second-order valence-corrected chi connectivity index (χ2v) is 6.11. The van der Waals surface area contributed by atoms with Gasteiger partial charge in [0.25, 0.3) is 0 Å². The quantitative estimate of drug-likeness (QED) is 0.579. The lowest BCUT2D eigenvalue weighted by Gasteiger charge is -2.34. The molecule has 1 atom stereocenters. The van der Waals surface area contributed by atoms with E-state index in [-0.39, 0.29) is 17.2 Å². The van der Waals surface area contributed by atoms with E-state index in [0.29, 0.717) is 12.0 Å². The maximum absolute atomic E-state index is 11.6. The number of carbonyl (C=O) groups is 1. The molecule has 0 fully saturated rings. The topological polar surface area (TPSA) is 59.4 Å². The van der Waals surface area contributed by atoms with Gasteiger partial charge in [-0.05, 0) is 18.3 Å². The summed E-state index contributed by atoms with van der Waals surface area (Å²) in [6.07, 6.45) is 0.807. The summed E-state index contributed by atoms with van der Waals surface area (Å²) in [7, 11) is 0. The number of cyclic esters (lactones) is 1. The van der Waals surface area contributed by atoms with Crippen LogP contribution in [0.1, 0.15) is 53.6 Å². The first-order valence-corrected chi connectivity index (χ1v) is 6.33. The predicted molar refractivity (Wildman–Crippen MR) is 65.4 cm³/mol. The number of rotatable bonds is 0. The van der Waals surface area contributed by atoms with Crippen molar-refractivity contribution in [1.29, 1.82) is 0 Å². The van der Waals surface area contributed by atoms with Gasteiger partial charge in [0.15, 0.2) is 0 Å². The largest absolute Gasteiger partial charge is 0.457 e. The van der Waals surface area contributed by atoms with E-state index < -0.39 is 12.1 Å². The van der Waals surface area contributed by atoms with Crippen molar-refractivity contribution in [3.05, 3.63) is 27.5 Å². The second kappa shape index (κ2) is 3.68. The van der Waals surface area contributed by atoms with Crippen LogP contribution in [0.3, 0.4) is 0 Å². The summed E-state index contributed by atoms with van der Waals surface area (Å²) in [5.74, 6) is -0.442. The summed E-state index contributed by atoms with van der Waals surface area (Å²) in [6, 6.07) is 0. The second-order valence-electron chi connectivity index (χ2n) is 5.75. The summed E-state index contributed by atoms with van der Waals surface area (Å²) in [6.45, 7) is 4.36. The highest BCUT2D eigenvalue weighted by atomic mass is 35.5. The molecule has 0 aromatic carbocycles. The maximum Gasteiger partial charge on any atom is 0.342 e. The molecule has 3 rings (SSSR count). The zero-order valence-corrected chi connectivity index (χ0v) is 11.0. The van der Waals surface area contributed by atoms with Crippen molar-refractivity contribution in [1.82, 2.24) is 4.98 Å². The molecule has 0 saturated heterocycles. The Kier molecular flexibility index (Phi) is 2.44. The number of nitrogens with zero attached hydrogens (tertiary/aromatic N) is 1. The monoisotopic (exact) mass is 267 g/mol. The molecule has 96 valence electrons. The fraction of sp³-hybridized carbons (Fsp3) is 0.538. The third-order valence-electron chi connectivity index (χ3n) is 3.65. The van der Waals surface area contributed by atoms with Crippen LogP contribution in [0.2, 0.25) is 5.15 Å². The first kappa shape index (κ1) is 11.9. The number of esters is 1. The number of fused-ring (bicyclic) bond motifs is 3. The van der Waals surface area contributed by atoms with E-state index in [4.69, 9.17) is 16.3 Å². The lowest BCUT2D eigenvalue weighted by atomic mass is 9.73. The minimum Gasteiger partial charge on any atom is -0.457 e. The van der Waals surface area contributed by atoms with Crippen LogP contribution >= 0.6 is 11.6 Å². The summed E-state index contributed by atoms with van der Waals surface area (Å²) in [4.78, 5) is 15.9. The Bertz CT molecular complexity index is 554. The predicted octanol–water partition coefficient (Wildman–Crippen LogP) is 2.41. The molecule has 1 unspecified atom stereocenters. The number of aliphatic hydroxyl groups is 1. The van der Waals surface area contributed by atoms with Gasteiger partial charge in [-0.2, -0.15) is 0 Å². The molecule has 1 N–H and O–H groups in total. The summed E-state index contributed by atoms with van der Waals surface area (Å²) in [5.41, 5.74) is 2.58. The van der Waals surface area contributed by atoms with Crippen LogP contribution in [0.15, 0.2) is 0 Å². The van der Waals surface area contributed by atoms with Crippen LogP contribution in [0.25, 0.3) is 0 Å². The van der Waals surface area contributed by atoms with Crippen molar-refractivity contribution in [3.63, 3.8) is 0 Å². The number of aromatic nitrogens is 1. The van der Waals surface area contributed by atoms with Crippen molar-refractivity contribution in [2.45, 2.75) is 39.4 Å². The van der Waals surface area contributed by atoms with E-state index in [1.807, 2.05) is 0 Å². The number of carbonyl (C=O) groups excluding carboxylic acids is 1. The molecule has 1 aliphatic heterocycles.